The summed E-state index contributed by atoms with van der Waals surface area (Å²) in [6.45, 7) is 3.69. The van der Waals surface area contributed by atoms with Crippen molar-refractivity contribution < 1.29 is 19.4 Å². The van der Waals surface area contributed by atoms with E-state index in [9.17, 15) is 9.90 Å². The van der Waals surface area contributed by atoms with Crippen LogP contribution >= 0.6 is 0 Å². The monoisotopic (exact) mass is 371 g/mol. The van der Waals surface area contributed by atoms with Gasteiger partial charge in [-0.25, -0.2) is 0 Å². The molecule has 0 aliphatic carbocycles. The molecule has 0 bridgehead atoms. The number of nitrogens with zero attached hydrogens (tertiary/aromatic N) is 3. The van der Waals surface area contributed by atoms with E-state index in [1.54, 1.807) is 38.6 Å². The molecule has 0 radical (unpaired) electrons. The standard InChI is InChI=1S/C20H25N3O4/c1-26-16-6-3-7-17(27-2)18(16)19(20(24)25)23-11-9-22(10-12-23)14-15-5-4-8-21-13-15/h3-8,13,19H,9-12,14H2,1-2H3,(H,24,25)/t19-/m0/s1. The summed E-state index contributed by atoms with van der Waals surface area (Å²) in [6.07, 6.45) is 3.63. The Morgan fingerprint density at radius 2 is 1.78 bits per heavy atom. The van der Waals surface area contributed by atoms with Crippen LogP contribution in [-0.4, -0.2) is 66.3 Å². The molecule has 0 saturated carbocycles. The van der Waals surface area contributed by atoms with E-state index >= 15 is 0 Å². The number of hydrogen-bond acceptors (Lipinski definition) is 6. The molecular formula is C20H25N3O4. The van der Waals surface area contributed by atoms with Gasteiger partial charge in [-0.2, -0.15) is 0 Å². The van der Waals surface area contributed by atoms with Crippen molar-refractivity contribution in [3.8, 4) is 11.5 Å². The van der Waals surface area contributed by atoms with Gasteiger partial charge in [-0.3, -0.25) is 19.6 Å². The Hall–Kier alpha value is -2.64. The lowest BCUT2D eigenvalue weighted by atomic mass is 10.0. The smallest absolute Gasteiger partial charge is 0.325 e. The normalized spacial score (nSPS) is 16.7. The molecular weight excluding hydrogens is 346 g/mol. The molecule has 0 spiro atoms. The van der Waals surface area contributed by atoms with E-state index in [0.29, 0.717) is 30.2 Å². The van der Waals surface area contributed by atoms with Crippen LogP contribution in [0.3, 0.4) is 0 Å². The molecule has 1 aliphatic heterocycles. The Bertz CT molecular complexity index is 739. The predicted octanol–water partition coefficient (Wildman–Crippen LogP) is 2.04. The van der Waals surface area contributed by atoms with Crippen LogP contribution < -0.4 is 9.47 Å². The van der Waals surface area contributed by atoms with Gasteiger partial charge < -0.3 is 14.6 Å². The summed E-state index contributed by atoms with van der Waals surface area (Å²) in [5, 5.41) is 9.95. The molecule has 1 N–H and O–H groups in total. The van der Waals surface area contributed by atoms with Gasteiger partial charge in [0.2, 0.25) is 0 Å². The molecule has 2 heterocycles. The third kappa shape index (κ3) is 4.37. The molecule has 7 nitrogen and oxygen atoms in total. The minimum absolute atomic E-state index is 0.527. The van der Waals surface area contributed by atoms with Gasteiger partial charge in [-0.15, -0.1) is 0 Å². The van der Waals surface area contributed by atoms with E-state index < -0.39 is 12.0 Å². The number of ether oxygens (including phenoxy) is 2. The second kappa shape index (κ2) is 8.83. The molecule has 1 fully saturated rings. The average molecular weight is 371 g/mol. The van der Waals surface area contributed by atoms with E-state index in [-0.39, 0.29) is 0 Å². The molecule has 7 heteroatoms. The van der Waals surface area contributed by atoms with Crippen LogP contribution in [0.4, 0.5) is 0 Å². The van der Waals surface area contributed by atoms with Crippen LogP contribution in [0.1, 0.15) is 17.2 Å². The highest BCUT2D eigenvalue weighted by Crippen LogP contribution is 2.37. The fourth-order valence-electron chi connectivity index (χ4n) is 3.54. The van der Waals surface area contributed by atoms with Crippen LogP contribution in [0.5, 0.6) is 11.5 Å². The van der Waals surface area contributed by atoms with E-state index in [0.717, 1.165) is 25.2 Å². The highest BCUT2D eigenvalue weighted by molar-refractivity contribution is 5.78. The fraction of sp³-hybridized carbons (Fsp3) is 0.400. The summed E-state index contributed by atoms with van der Waals surface area (Å²) in [4.78, 5) is 20.6. The summed E-state index contributed by atoms with van der Waals surface area (Å²) in [5.41, 5.74) is 1.72. The van der Waals surface area contributed by atoms with Crippen LogP contribution in [0.2, 0.25) is 0 Å². The maximum Gasteiger partial charge on any atom is 0.325 e. The number of methoxy groups -OCH3 is 2. The Kier molecular flexibility index (Phi) is 6.26. The van der Waals surface area contributed by atoms with Crippen molar-refractivity contribution in [2.24, 2.45) is 0 Å². The molecule has 1 aromatic heterocycles. The van der Waals surface area contributed by atoms with E-state index in [1.807, 2.05) is 17.2 Å². The van der Waals surface area contributed by atoms with Crippen molar-refractivity contribution in [2.75, 3.05) is 40.4 Å². The van der Waals surface area contributed by atoms with Gasteiger partial charge in [-0.05, 0) is 23.8 Å². The van der Waals surface area contributed by atoms with Gasteiger partial charge in [0.15, 0.2) is 0 Å². The van der Waals surface area contributed by atoms with Crippen molar-refractivity contribution >= 4 is 5.97 Å². The maximum absolute atomic E-state index is 12.1. The van der Waals surface area contributed by atoms with Gasteiger partial charge >= 0.3 is 5.97 Å². The lowest BCUT2D eigenvalue weighted by Gasteiger charge is -2.38. The number of carboxylic acids is 1. The topological polar surface area (TPSA) is 75.1 Å². The van der Waals surface area contributed by atoms with Crippen molar-refractivity contribution in [3.05, 3.63) is 53.9 Å². The second-order valence-corrected chi connectivity index (χ2v) is 6.49. The molecule has 144 valence electrons. The van der Waals surface area contributed by atoms with Gasteiger partial charge in [0.25, 0.3) is 0 Å². The number of pyridine rings is 1. The number of carboxylic acid groups (broad SMARTS) is 1. The molecule has 1 saturated heterocycles. The lowest BCUT2D eigenvalue weighted by molar-refractivity contribution is -0.144. The van der Waals surface area contributed by atoms with E-state index in [1.165, 1.54) is 0 Å². The van der Waals surface area contributed by atoms with Crippen molar-refractivity contribution in [3.63, 3.8) is 0 Å². The first kappa shape index (κ1) is 19.1. The number of rotatable bonds is 7. The highest BCUT2D eigenvalue weighted by Gasteiger charge is 2.34. The average Bonchev–Trinajstić information content (AvgIpc) is 2.70. The molecule has 0 unspecified atom stereocenters. The SMILES string of the molecule is COc1cccc(OC)c1[C@@H](C(=O)O)N1CCN(Cc2cccnc2)CC1. The molecule has 3 rings (SSSR count). The van der Waals surface area contributed by atoms with Crippen LogP contribution in [-0.2, 0) is 11.3 Å². The zero-order valence-corrected chi connectivity index (χ0v) is 15.7. The Morgan fingerprint density at radius 3 is 2.30 bits per heavy atom. The van der Waals surface area contributed by atoms with Gasteiger partial charge in [0, 0.05) is 45.1 Å². The number of carbonyl (C=O) groups is 1. The maximum atomic E-state index is 12.1. The number of aliphatic carboxylic acids is 1. The summed E-state index contributed by atoms with van der Waals surface area (Å²) < 4.78 is 10.8. The predicted molar refractivity (Wildman–Crippen MR) is 101 cm³/mol. The zero-order valence-electron chi connectivity index (χ0n) is 15.7. The molecule has 27 heavy (non-hydrogen) atoms. The quantitative estimate of drug-likeness (QED) is 0.798. The molecule has 1 aromatic carbocycles. The Labute approximate surface area is 159 Å². The van der Waals surface area contributed by atoms with Crippen molar-refractivity contribution in [2.45, 2.75) is 12.6 Å². The van der Waals surface area contributed by atoms with E-state index in [2.05, 4.69) is 16.0 Å². The highest BCUT2D eigenvalue weighted by atomic mass is 16.5. The summed E-state index contributed by atoms with van der Waals surface area (Å²) in [5.74, 6) is 0.151. The minimum Gasteiger partial charge on any atom is -0.496 e. The minimum atomic E-state index is -0.904. The second-order valence-electron chi connectivity index (χ2n) is 6.49. The number of aromatic nitrogens is 1. The molecule has 1 aliphatic rings. The first-order chi connectivity index (χ1) is 13.1. The van der Waals surface area contributed by atoms with Crippen molar-refractivity contribution in [1.29, 1.82) is 0 Å². The lowest BCUT2D eigenvalue weighted by Crippen LogP contribution is -2.49. The first-order valence-electron chi connectivity index (χ1n) is 8.93. The largest absolute Gasteiger partial charge is 0.496 e. The van der Waals surface area contributed by atoms with Crippen LogP contribution in [0.15, 0.2) is 42.7 Å². The summed E-state index contributed by atoms with van der Waals surface area (Å²) in [7, 11) is 3.09. The van der Waals surface area contributed by atoms with Crippen molar-refractivity contribution in [1.82, 2.24) is 14.8 Å². The van der Waals surface area contributed by atoms with Crippen LogP contribution in [0, 0.1) is 0 Å². The first-order valence-corrected chi connectivity index (χ1v) is 8.93. The zero-order chi connectivity index (χ0) is 19.2. The molecule has 0 amide bonds. The number of hydrogen-bond donors (Lipinski definition) is 1. The number of benzene rings is 1. The third-order valence-corrected chi connectivity index (χ3v) is 4.87. The third-order valence-electron chi connectivity index (χ3n) is 4.87. The Balaban J connectivity index is 1.75. The fourth-order valence-corrected chi connectivity index (χ4v) is 3.54. The summed E-state index contributed by atoms with van der Waals surface area (Å²) in [6, 6.07) is 8.51. The van der Waals surface area contributed by atoms with Crippen LogP contribution in [0.25, 0.3) is 0 Å². The molecule has 1 atom stereocenters. The van der Waals surface area contributed by atoms with E-state index in [4.69, 9.17) is 9.47 Å². The number of piperazine rings is 1. The van der Waals surface area contributed by atoms with Gasteiger partial charge in [0.1, 0.15) is 17.5 Å². The summed E-state index contributed by atoms with van der Waals surface area (Å²) >= 11 is 0. The van der Waals surface area contributed by atoms with Gasteiger partial charge in [-0.1, -0.05) is 12.1 Å². The Morgan fingerprint density at radius 1 is 1.11 bits per heavy atom. The molecule has 2 aromatic rings. The van der Waals surface area contributed by atoms with Gasteiger partial charge in [0.05, 0.1) is 19.8 Å².